The normalized spacial score (nSPS) is 11.4. The van der Waals surface area contributed by atoms with Gasteiger partial charge < -0.3 is 4.74 Å². The number of nitrogens with one attached hydrogen (secondary N) is 1. The molecule has 4 aromatic rings. The summed E-state index contributed by atoms with van der Waals surface area (Å²) in [7, 11) is -2.82. The molecule has 0 bridgehead atoms. The smallest absolute Gasteiger partial charge is 0.340 e. The Balaban J connectivity index is 1.78. The number of halogens is 1. The first-order valence-corrected chi connectivity index (χ1v) is 11.7. The van der Waals surface area contributed by atoms with Crippen LogP contribution in [0.4, 0.5) is 5.69 Å². The minimum absolute atomic E-state index is 0.0275. The van der Waals surface area contributed by atoms with Crippen molar-refractivity contribution in [2.24, 2.45) is 0 Å². The van der Waals surface area contributed by atoms with Crippen LogP contribution >= 0.6 is 11.6 Å². The third-order valence-corrected chi connectivity index (χ3v) is 7.04. The second kappa shape index (κ2) is 8.73. The molecule has 3 aromatic carbocycles. The lowest BCUT2D eigenvalue weighted by atomic mass is 10.2. The number of fused-ring (bicyclic) bond motifs is 1. The molecule has 0 atom stereocenters. The van der Waals surface area contributed by atoms with Crippen LogP contribution < -0.4 is 4.72 Å². The molecule has 0 spiro atoms. The van der Waals surface area contributed by atoms with Crippen LogP contribution in [0.5, 0.6) is 0 Å². The topological polar surface area (TPSA) is 94.5 Å². The van der Waals surface area contributed by atoms with Gasteiger partial charge in [-0.2, -0.15) is 0 Å². The third-order valence-electron chi connectivity index (χ3n) is 5.19. The van der Waals surface area contributed by atoms with E-state index in [1.54, 1.807) is 55.5 Å². The summed E-state index contributed by atoms with van der Waals surface area (Å²) in [5, 5.41) is 0.515. The van der Waals surface area contributed by atoms with Crippen LogP contribution in [0.1, 0.15) is 26.3 Å². The van der Waals surface area contributed by atoms with Gasteiger partial charge in [-0.1, -0.05) is 48.0 Å². The Hall–Kier alpha value is -3.62. The Morgan fingerprint density at radius 2 is 1.70 bits per heavy atom. The third kappa shape index (κ3) is 4.22. The number of nitrogens with zero attached hydrogens (tertiary/aromatic N) is 1. The number of aromatic nitrogens is 1. The van der Waals surface area contributed by atoms with Gasteiger partial charge in [0.2, 0.25) is 0 Å². The first-order valence-electron chi connectivity index (χ1n) is 9.84. The van der Waals surface area contributed by atoms with Crippen molar-refractivity contribution < 1.29 is 22.7 Å². The first-order chi connectivity index (χ1) is 15.7. The highest BCUT2D eigenvalue weighted by atomic mass is 35.5. The Kier molecular flexibility index (Phi) is 5.97. The zero-order chi connectivity index (χ0) is 23.8. The first kappa shape index (κ1) is 22.6. The Morgan fingerprint density at radius 3 is 2.42 bits per heavy atom. The molecular formula is C24H19ClN2O5S. The molecule has 4 rings (SSSR count). The predicted octanol–water partition coefficient (Wildman–Crippen LogP) is 4.88. The van der Waals surface area contributed by atoms with Gasteiger partial charge in [-0.3, -0.25) is 14.1 Å². The fourth-order valence-corrected chi connectivity index (χ4v) is 5.15. The molecule has 0 aliphatic carbocycles. The predicted molar refractivity (Wildman–Crippen MR) is 126 cm³/mol. The highest BCUT2D eigenvalue weighted by Gasteiger charge is 2.24. The molecule has 0 radical (unpaired) electrons. The number of ether oxygens (including phenoxy) is 1. The number of anilines is 1. The van der Waals surface area contributed by atoms with E-state index in [0.717, 1.165) is 5.56 Å². The van der Waals surface area contributed by atoms with Gasteiger partial charge in [0.05, 0.1) is 28.9 Å². The average molecular weight is 483 g/mol. The van der Waals surface area contributed by atoms with Crippen molar-refractivity contribution in [2.45, 2.75) is 11.8 Å². The Labute approximate surface area is 195 Å². The van der Waals surface area contributed by atoms with E-state index in [9.17, 15) is 18.0 Å². The summed E-state index contributed by atoms with van der Waals surface area (Å²) in [6.45, 7) is 1.77. The molecule has 0 saturated heterocycles. The van der Waals surface area contributed by atoms with Crippen molar-refractivity contribution in [3.63, 3.8) is 0 Å². The molecule has 1 heterocycles. The number of sulfonamides is 1. The van der Waals surface area contributed by atoms with Gasteiger partial charge in [0.25, 0.3) is 15.9 Å². The largest absolute Gasteiger partial charge is 0.465 e. The van der Waals surface area contributed by atoms with E-state index in [2.05, 4.69) is 4.72 Å². The molecule has 9 heteroatoms. The zero-order valence-electron chi connectivity index (χ0n) is 17.7. The summed E-state index contributed by atoms with van der Waals surface area (Å²) in [6, 6.07) is 17.8. The van der Waals surface area contributed by atoms with Gasteiger partial charge in [0.15, 0.2) is 0 Å². The van der Waals surface area contributed by atoms with Crippen molar-refractivity contribution in [3.8, 4) is 0 Å². The minimum atomic E-state index is -4.08. The summed E-state index contributed by atoms with van der Waals surface area (Å²) in [5.74, 6) is -1.11. The number of hydrogen-bond acceptors (Lipinski definition) is 5. The van der Waals surface area contributed by atoms with Crippen LogP contribution in [0.15, 0.2) is 77.8 Å². The van der Waals surface area contributed by atoms with Crippen LogP contribution in [0, 0.1) is 6.92 Å². The van der Waals surface area contributed by atoms with Gasteiger partial charge in [0, 0.05) is 17.1 Å². The molecule has 33 heavy (non-hydrogen) atoms. The lowest BCUT2D eigenvalue weighted by molar-refractivity contribution is 0.0603. The van der Waals surface area contributed by atoms with Gasteiger partial charge in [-0.05, 0) is 42.8 Å². The minimum Gasteiger partial charge on any atom is -0.465 e. The lowest BCUT2D eigenvalue weighted by Crippen LogP contribution is -2.16. The van der Waals surface area contributed by atoms with E-state index in [1.807, 2.05) is 0 Å². The van der Waals surface area contributed by atoms with E-state index >= 15 is 0 Å². The van der Waals surface area contributed by atoms with Crippen LogP contribution in [0.25, 0.3) is 10.9 Å². The summed E-state index contributed by atoms with van der Waals surface area (Å²) in [4.78, 5) is 25.3. The summed E-state index contributed by atoms with van der Waals surface area (Å²) in [6.07, 6.45) is 1.38. The highest BCUT2D eigenvalue weighted by molar-refractivity contribution is 7.92. The van der Waals surface area contributed by atoms with Crippen molar-refractivity contribution in [1.82, 2.24) is 4.57 Å². The maximum atomic E-state index is 13.3. The number of carbonyl (C=O) groups excluding carboxylic acids is 2. The number of esters is 1. The lowest BCUT2D eigenvalue weighted by Gasteiger charge is -2.13. The van der Waals surface area contributed by atoms with Gasteiger partial charge in [0.1, 0.15) is 4.90 Å². The second-order valence-corrected chi connectivity index (χ2v) is 9.35. The van der Waals surface area contributed by atoms with E-state index in [0.29, 0.717) is 16.6 Å². The Morgan fingerprint density at radius 1 is 1.00 bits per heavy atom. The second-order valence-electron chi connectivity index (χ2n) is 7.29. The van der Waals surface area contributed by atoms with Crippen molar-refractivity contribution >= 4 is 50.1 Å². The van der Waals surface area contributed by atoms with Gasteiger partial charge in [-0.25, -0.2) is 13.2 Å². The van der Waals surface area contributed by atoms with Crippen molar-refractivity contribution in [1.29, 1.82) is 0 Å². The average Bonchev–Trinajstić information content (AvgIpc) is 3.19. The molecule has 7 nitrogen and oxygen atoms in total. The maximum Gasteiger partial charge on any atom is 0.340 e. The molecule has 1 aromatic heterocycles. The molecule has 0 saturated carbocycles. The molecule has 1 N–H and O–H groups in total. The summed E-state index contributed by atoms with van der Waals surface area (Å²) >= 11 is 6.20. The molecule has 0 aliphatic rings. The number of para-hydroxylation sites is 2. The van der Waals surface area contributed by atoms with Crippen LogP contribution in [-0.4, -0.2) is 32.0 Å². The molecule has 0 unspecified atom stereocenters. The maximum absolute atomic E-state index is 13.3. The zero-order valence-corrected chi connectivity index (χ0v) is 19.3. The van der Waals surface area contributed by atoms with Crippen LogP contribution in [0.2, 0.25) is 5.02 Å². The van der Waals surface area contributed by atoms with E-state index in [-0.39, 0.29) is 21.0 Å². The molecule has 0 aliphatic heterocycles. The number of rotatable bonds is 5. The number of benzene rings is 3. The summed E-state index contributed by atoms with van der Waals surface area (Å²) in [5.41, 5.74) is 1.94. The van der Waals surface area contributed by atoms with E-state index < -0.39 is 21.9 Å². The summed E-state index contributed by atoms with van der Waals surface area (Å²) < 4.78 is 34.7. The van der Waals surface area contributed by atoms with E-state index in [4.69, 9.17) is 16.3 Å². The number of methoxy groups -OCH3 is 1. The number of carbonyl (C=O) groups is 2. The number of hydrogen-bond donors (Lipinski definition) is 1. The Bertz CT molecular complexity index is 1510. The molecule has 0 fully saturated rings. The van der Waals surface area contributed by atoms with E-state index in [1.165, 1.54) is 36.1 Å². The van der Waals surface area contributed by atoms with Gasteiger partial charge >= 0.3 is 5.97 Å². The number of aryl methyl sites for hydroxylation is 1. The van der Waals surface area contributed by atoms with Crippen molar-refractivity contribution in [3.05, 3.63) is 94.6 Å². The fraction of sp³-hybridized carbons (Fsp3) is 0.0833. The SMILES string of the molecule is COC(=O)c1cn(C(=O)c2ccc(Cl)c(S(=O)(=O)Nc3ccccc3C)c2)c2ccccc12. The fourth-order valence-electron chi connectivity index (χ4n) is 3.49. The highest BCUT2D eigenvalue weighted by Crippen LogP contribution is 2.28. The molecule has 0 amide bonds. The monoisotopic (exact) mass is 482 g/mol. The van der Waals surface area contributed by atoms with Crippen molar-refractivity contribution in [2.75, 3.05) is 11.8 Å². The standard InChI is InChI=1S/C24H19ClN2O5S/c1-15-7-3-5-9-20(15)26-33(30,31)22-13-16(11-12-19(22)25)23(28)27-14-18(24(29)32-2)17-8-4-6-10-21(17)27/h3-14,26H,1-2H3. The van der Waals surface area contributed by atoms with Gasteiger partial charge in [-0.15, -0.1) is 0 Å². The quantitative estimate of drug-likeness (QED) is 0.409. The molecule has 168 valence electrons. The molecular weight excluding hydrogens is 464 g/mol. The van der Waals surface area contributed by atoms with Crippen LogP contribution in [0.3, 0.4) is 0 Å². The van der Waals surface area contributed by atoms with Crippen LogP contribution in [-0.2, 0) is 14.8 Å².